The van der Waals surface area contributed by atoms with Crippen LogP contribution in [0.15, 0.2) is 48.7 Å². The zero-order chi connectivity index (χ0) is 18.0. The number of aromatic nitrogens is 1. The molecular weight excluding hydrogens is 398 g/mol. The van der Waals surface area contributed by atoms with E-state index in [9.17, 15) is 5.26 Å². The first-order chi connectivity index (χ1) is 12.0. The molecule has 1 heterocycles. The molecule has 0 radical (unpaired) electrons. The van der Waals surface area contributed by atoms with Gasteiger partial charge >= 0.3 is 0 Å². The molecule has 1 aromatic heterocycles. The monoisotopic (exact) mass is 406 g/mol. The molecule has 0 fully saturated rings. The van der Waals surface area contributed by atoms with E-state index in [1.165, 1.54) is 0 Å². The quantitative estimate of drug-likeness (QED) is 0.464. The Bertz CT molecular complexity index is 993. The van der Waals surface area contributed by atoms with Crippen molar-refractivity contribution < 1.29 is 0 Å². The van der Waals surface area contributed by atoms with Crippen LogP contribution in [0.4, 0.5) is 0 Å². The van der Waals surface area contributed by atoms with E-state index < -0.39 is 0 Å². The maximum atomic E-state index is 9.19. The number of pyridine rings is 1. The van der Waals surface area contributed by atoms with Crippen molar-refractivity contribution in [3.8, 4) is 28.5 Å². The van der Waals surface area contributed by atoms with Crippen LogP contribution in [-0.4, -0.2) is 4.98 Å². The average molecular weight is 408 g/mol. The second-order valence-corrected chi connectivity index (χ2v) is 7.00. The van der Waals surface area contributed by atoms with Gasteiger partial charge in [0.25, 0.3) is 0 Å². The molecule has 124 valence electrons. The van der Waals surface area contributed by atoms with Crippen molar-refractivity contribution >= 4 is 46.4 Å². The smallest absolute Gasteiger partial charge is 0.0720 e. The minimum atomic E-state index is 0.217. The van der Waals surface area contributed by atoms with Crippen molar-refractivity contribution in [3.63, 3.8) is 0 Å². The Morgan fingerprint density at radius 3 is 1.96 bits per heavy atom. The van der Waals surface area contributed by atoms with Crippen LogP contribution in [0.2, 0.25) is 20.1 Å². The molecule has 2 nitrogen and oxygen atoms in total. The Morgan fingerprint density at radius 2 is 1.40 bits per heavy atom. The third-order valence-corrected chi connectivity index (χ3v) is 4.78. The molecule has 0 N–H and O–H groups in total. The van der Waals surface area contributed by atoms with Crippen LogP contribution in [0.1, 0.15) is 5.56 Å². The lowest BCUT2D eigenvalue weighted by Crippen LogP contribution is -1.94. The summed E-state index contributed by atoms with van der Waals surface area (Å²) >= 11 is 24.5. The minimum Gasteiger partial charge on any atom is -0.256 e. The fourth-order valence-corrected chi connectivity index (χ4v) is 3.54. The van der Waals surface area contributed by atoms with Gasteiger partial charge in [0.1, 0.15) is 0 Å². The van der Waals surface area contributed by atoms with E-state index in [-0.39, 0.29) is 6.42 Å². The molecule has 0 bridgehead atoms. The number of hydrogen-bond donors (Lipinski definition) is 0. The van der Waals surface area contributed by atoms with Gasteiger partial charge in [0.15, 0.2) is 0 Å². The van der Waals surface area contributed by atoms with Gasteiger partial charge < -0.3 is 0 Å². The molecule has 0 aliphatic heterocycles. The van der Waals surface area contributed by atoms with E-state index in [0.29, 0.717) is 25.8 Å². The number of rotatable bonds is 3. The Morgan fingerprint density at radius 1 is 0.800 bits per heavy atom. The molecule has 0 aliphatic carbocycles. The van der Waals surface area contributed by atoms with Crippen LogP contribution in [-0.2, 0) is 6.42 Å². The molecule has 0 saturated carbocycles. The lowest BCUT2D eigenvalue weighted by Gasteiger charge is -2.12. The van der Waals surface area contributed by atoms with Crippen LogP contribution in [0, 0.1) is 11.3 Å². The summed E-state index contributed by atoms with van der Waals surface area (Å²) < 4.78 is 0. The molecule has 3 rings (SSSR count). The summed E-state index contributed by atoms with van der Waals surface area (Å²) in [6.45, 7) is 0. The number of nitrogens with zero attached hydrogens (tertiary/aromatic N) is 2. The van der Waals surface area contributed by atoms with Gasteiger partial charge in [0.2, 0.25) is 0 Å². The zero-order valence-electron chi connectivity index (χ0n) is 12.7. The van der Waals surface area contributed by atoms with E-state index in [4.69, 9.17) is 46.4 Å². The van der Waals surface area contributed by atoms with Crippen molar-refractivity contribution in [1.29, 1.82) is 5.26 Å². The molecule has 0 spiro atoms. The van der Waals surface area contributed by atoms with E-state index in [0.717, 1.165) is 22.3 Å². The predicted molar refractivity (Wildman–Crippen MR) is 104 cm³/mol. The normalized spacial score (nSPS) is 10.5. The summed E-state index contributed by atoms with van der Waals surface area (Å²) in [5.41, 5.74) is 3.79. The first kappa shape index (κ1) is 18.0. The molecule has 6 heteroatoms. The second kappa shape index (κ2) is 7.64. The molecule has 0 unspecified atom stereocenters. The summed E-state index contributed by atoms with van der Waals surface area (Å²) in [5.74, 6) is 0. The number of halogens is 4. The largest absolute Gasteiger partial charge is 0.256 e. The number of benzene rings is 2. The highest BCUT2D eigenvalue weighted by atomic mass is 35.5. The molecule has 0 atom stereocenters. The van der Waals surface area contributed by atoms with Crippen LogP contribution in [0.3, 0.4) is 0 Å². The van der Waals surface area contributed by atoms with E-state index >= 15 is 0 Å². The highest BCUT2D eigenvalue weighted by Gasteiger charge is 2.13. The van der Waals surface area contributed by atoms with Gasteiger partial charge in [-0.1, -0.05) is 52.5 Å². The molecule has 2 aromatic carbocycles. The maximum absolute atomic E-state index is 9.19. The predicted octanol–water partition coefficient (Wildman–Crippen LogP) is 7.10. The summed E-state index contributed by atoms with van der Waals surface area (Å²) in [7, 11) is 0. The molecule has 0 aliphatic rings. The highest BCUT2D eigenvalue weighted by molar-refractivity contribution is 6.37. The lowest BCUT2D eigenvalue weighted by atomic mass is 9.98. The summed E-state index contributed by atoms with van der Waals surface area (Å²) in [6.07, 6.45) is 1.91. The van der Waals surface area contributed by atoms with Crippen molar-refractivity contribution in [2.45, 2.75) is 6.42 Å². The van der Waals surface area contributed by atoms with Crippen LogP contribution in [0.25, 0.3) is 22.4 Å². The van der Waals surface area contributed by atoms with Crippen molar-refractivity contribution in [1.82, 2.24) is 4.98 Å². The van der Waals surface area contributed by atoms with E-state index in [2.05, 4.69) is 11.1 Å². The topological polar surface area (TPSA) is 36.7 Å². The Hall–Kier alpha value is -1.76. The van der Waals surface area contributed by atoms with Gasteiger partial charge in [-0.2, -0.15) is 5.26 Å². The average Bonchev–Trinajstić information content (AvgIpc) is 2.56. The lowest BCUT2D eigenvalue weighted by molar-refractivity contribution is 1.22. The molecular formula is C19H10Cl4N2. The van der Waals surface area contributed by atoms with Gasteiger partial charge in [-0.3, -0.25) is 4.98 Å². The molecule has 25 heavy (non-hydrogen) atoms. The molecule has 0 amide bonds. The van der Waals surface area contributed by atoms with Gasteiger partial charge in [-0.05, 0) is 42.0 Å². The van der Waals surface area contributed by atoms with Gasteiger partial charge in [0.05, 0.1) is 23.2 Å². The first-order valence-electron chi connectivity index (χ1n) is 7.26. The van der Waals surface area contributed by atoms with Crippen LogP contribution in [0.5, 0.6) is 0 Å². The third kappa shape index (κ3) is 3.92. The van der Waals surface area contributed by atoms with Gasteiger partial charge in [-0.25, -0.2) is 0 Å². The summed E-state index contributed by atoms with van der Waals surface area (Å²) in [4.78, 5) is 4.49. The fourth-order valence-electron chi connectivity index (χ4n) is 2.52. The van der Waals surface area contributed by atoms with Crippen LogP contribution < -0.4 is 0 Å². The van der Waals surface area contributed by atoms with Gasteiger partial charge in [0, 0.05) is 38.0 Å². The first-order valence-corrected chi connectivity index (χ1v) is 8.77. The zero-order valence-corrected chi connectivity index (χ0v) is 15.8. The summed E-state index contributed by atoms with van der Waals surface area (Å²) in [5, 5.41) is 11.3. The fraction of sp³-hybridized carbons (Fsp3) is 0.0526. The highest BCUT2D eigenvalue weighted by Crippen LogP contribution is 2.35. The second-order valence-electron chi connectivity index (χ2n) is 5.31. The van der Waals surface area contributed by atoms with Crippen molar-refractivity contribution in [3.05, 3.63) is 74.3 Å². The number of nitriles is 1. The molecule has 3 aromatic rings. The number of hydrogen-bond acceptors (Lipinski definition) is 2. The Balaban J connectivity index is 2.14. The maximum Gasteiger partial charge on any atom is 0.0720 e. The Labute approximate surface area is 165 Å². The standard InChI is InChI=1S/C19H10Cl4N2/c20-12-1-3-14(17(22)8-12)16-10-25-19(7-11(16)5-6-24)15-4-2-13(21)9-18(15)23/h1-4,7-10H,5H2. The SMILES string of the molecule is N#CCc1cc(-c2ccc(Cl)cc2Cl)ncc1-c1ccc(Cl)cc1Cl. The van der Waals surface area contributed by atoms with Crippen molar-refractivity contribution in [2.75, 3.05) is 0 Å². The van der Waals surface area contributed by atoms with Crippen LogP contribution >= 0.6 is 46.4 Å². The Kier molecular flexibility index (Phi) is 5.51. The van der Waals surface area contributed by atoms with E-state index in [1.807, 2.05) is 12.1 Å². The minimum absolute atomic E-state index is 0.217. The van der Waals surface area contributed by atoms with Gasteiger partial charge in [-0.15, -0.1) is 0 Å². The van der Waals surface area contributed by atoms with E-state index in [1.54, 1.807) is 36.5 Å². The summed E-state index contributed by atoms with van der Waals surface area (Å²) in [6, 6.07) is 14.5. The van der Waals surface area contributed by atoms with Crippen molar-refractivity contribution in [2.24, 2.45) is 0 Å². The molecule has 0 saturated heterocycles. The third-order valence-electron chi connectivity index (χ3n) is 3.69.